The van der Waals surface area contributed by atoms with Crippen LogP contribution in [0.15, 0.2) is 42.5 Å². The topological polar surface area (TPSA) is 81.8 Å². The molecule has 0 aromatic heterocycles. The summed E-state index contributed by atoms with van der Waals surface area (Å²) in [5, 5.41) is 8.85. The second kappa shape index (κ2) is 6.76. The van der Waals surface area contributed by atoms with Gasteiger partial charge in [0.05, 0.1) is 12.7 Å². The SMILES string of the molecule is COc1ccc(CN)c(OCc2ccc(C(=O)O)cc2)c1. The zero-order chi connectivity index (χ0) is 15.2. The molecule has 2 aromatic carbocycles. The molecule has 0 saturated heterocycles. The Labute approximate surface area is 122 Å². The predicted molar refractivity (Wildman–Crippen MR) is 78.6 cm³/mol. The van der Waals surface area contributed by atoms with Crippen LogP contribution in [0.25, 0.3) is 0 Å². The summed E-state index contributed by atoms with van der Waals surface area (Å²) in [6.07, 6.45) is 0. The van der Waals surface area contributed by atoms with E-state index in [1.807, 2.05) is 12.1 Å². The predicted octanol–water partition coefficient (Wildman–Crippen LogP) is 2.43. The lowest BCUT2D eigenvalue weighted by molar-refractivity contribution is 0.0697. The van der Waals surface area contributed by atoms with E-state index in [9.17, 15) is 4.79 Å². The van der Waals surface area contributed by atoms with Crippen molar-refractivity contribution in [2.24, 2.45) is 5.73 Å². The maximum absolute atomic E-state index is 10.8. The molecule has 5 heteroatoms. The van der Waals surface area contributed by atoms with Gasteiger partial charge in [-0.2, -0.15) is 0 Å². The van der Waals surface area contributed by atoms with E-state index in [4.69, 9.17) is 20.3 Å². The van der Waals surface area contributed by atoms with Crippen molar-refractivity contribution in [3.05, 3.63) is 59.2 Å². The second-order valence-electron chi connectivity index (χ2n) is 4.47. The number of carboxylic acid groups (broad SMARTS) is 1. The van der Waals surface area contributed by atoms with E-state index in [2.05, 4.69) is 0 Å². The molecule has 0 amide bonds. The summed E-state index contributed by atoms with van der Waals surface area (Å²) in [6, 6.07) is 12.0. The maximum Gasteiger partial charge on any atom is 0.335 e. The van der Waals surface area contributed by atoms with Crippen LogP contribution in [0.1, 0.15) is 21.5 Å². The van der Waals surface area contributed by atoms with E-state index >= 15 is 0 Å². The summed E-state index contributed by atoms with van der Waals surface area (Å²) in [4.78, 5) is 10.8. The number of ether oxygens (including phenoxy) is 2. The van der Waals surface area contributed by atoms with Gasteiger partial charge in [-0.05, 0) is 23.8 Å². The smallest absolute Gasteiger partial charge is 0.335 e. The summed E-state index contributed by atoms with van der Waals surface area (Å²) in [6.45, 7) is 0.706. The molecule has 0 aliphatic rings. The van der Waals surface area contributed by atoms with Gasteiger partial charge in [0.1, 0.15) is 18.1 Å². The summed E-state index contributed by atoms with van der Waals surface area (Å²) in [5.41, 5.74) is 7.70. The first-order valence-corrected chi connectivity index (χ1v) is 6.46. The van der Waals surface area contributed by atoms with Crippen LogP contribution >= 0.6 is 0 Å². The zero-order valence-corrected chi connectivity index (χ0v) is 11.7. The van der Waals surface area contributed by atoms with Crippen LogP contribution in [0.4, 0.5) is 0 Å². The number of methoxy groups -OCH3 is 1. The Balaban J connectivity index is 2.10. The van der Waals surface area contributed by atoms with Crippen LogP contribution in [-0.4, -0.2) is 18.2 Å². The van der Waals surface area contributed by atoms with Crippen LogP contribution in [0, 0.1) is 0 Å². The average Bonchev–Trinajstić information content (AvgIpc) is 2.52. The number of hydrogen-bond donors (Lipinski definition) is 2. The lowest BCUT2D eigenvalue weighted by Crippen LogP contribution is -2.03. The fourth-order valence-corrected chi connectivity index (χ4v) is 1.87. The number of carbonyl (C=O) groups is 1. The van der Waals surface area contributed by atoms with Gasteiger partial charge < -0.3 is 20.3 Å². The van der Waals surface area contributed by atoms with Crippen molar-refractivity contribution >= 4 is 5.97 Å². The molecule has 0 atom stereocenters. The standard InChI is InChI=1S/C16H17NO4/c1-20-14-7-6-13(9-17)15(8-14)21-10-11-2-4-12(5-3-11)16(18)19/h2-8H,9-10,17H2,1H3,(H,18,19). The molecule has 21 heavy (non-hydrogen) atoms. The van der Waals surface area contributed by atoms with E-state index in [-0.39, 0.29) is 5.56 Å². The lowest BCUT2D eigenvalue weighted by Gasteiger charge is -2.12. The third-order valence-electron chi connectivity index (χ3n) is 3.09. The normalized spacial score (nSPS) is 10.2. The molecular formula is C16H17NO4. The first-order chi connectivity index (χ1) is 10.1. The van der Waals surface area contributed by atoms with Gasteiger partial charge in [0.2, 0.25) is 0 Å². The van der Waals surface area contributed by atoms with Crippen molar-refractivity contribution in [1.82, 2.24) is 0 Å². The largest absolute Gasteiger partial charge is 0.497 e. The Kier molecular flexibility index (Phi) is 4.79. The van der Waals surface area contributed by atoms with Crippen molar-refractivity contribution < 1.29 is 19.4 Å². The van der Waals surface area contributed by atoms with Crippen LogP contribution < -0.4 is 15.2 Å². The van der Waals surface area contributed by atoms with E-state index < -0.39 is 5.97 Å². The van der Waals surface area contributed by atoms with Crippen molar-refractivity contribution in [1.29, 1.82) is 0 Å². The summed E-state index contributed by atoms with van der Waals surface area (Å²) in [7, 11) is 1.59. The molecular weight excluding hydrogens is 270 g/mol. The fraction of sp³-hybridized carbons (Fsp3) is 0.188. The van der Waals surface area contributed by atoms with Crippen LogP contribution in [0.2, 0.25) is 0 Å². The van der Waals surface area contributed by atoms with Crippen molar-refractivity contribution in [2.45, 2.75) is 13.2 Å². The highest BCUT2D eigenvalue weighted by atomic mass is 16.5. The number of carboxylic acids is 1. The quantitative estimate of drug-likeness (QED) is 0.852. The summed E-state index contributed by atoms with van der Waals surface area (Å²) >= 11 is 0. The molecule has 0 heterocycles. The highest BCUT2D eigenvalue weighted by Gasteiger charge is 2.06. The Hall–Kier alpha value is -2.53. The Morgan fingerprint density at radius 1 is 1.19 bits per heavy atom. The lowest BCUT2D eigenvalue weighted by atomic mass is 10.1. The van der Waals surface area contributed by atoms with Gasteiger partial charge in [0.15, 0.2) is 0 Å². The van der Waals surface area contributed by atoms with Gasteiger partial charge in [-0.25, -0.2) is 4.79 Å². The summed E-state index contributed by atoms with van der Waals surface area (Å²) < 4.78 is 10.9. The fourth-order valence-electron chi connectivity index (χ4n) is 1.87. The molecule has 0 aliphatic carbocycles. The molecule has 0 unspecified atom stereocenters. The van der Waals surface area contributed by atoms with Crippen molar-refractivity contribution in [3.63, 3.8) is 0 Å². The Morgan fingerprint density at radius 3 is 2.48 bits per heavy atom. The monoisotopic (exact) mass is 287 g/mol. The minimum absolute atomic E-state index is 0.253. The van der Waals surface area contributed by atoms with E-state index in [1.54, 1.807) is 37.4 Å². The minimum atomic E-state index is -0.944. The van der Waals surface area contributed by atoms with Crippen molar-refractivity contribution in [2.75, 3.05) is 7.11 Å². The third-order valence-corrected chi connectivity index (χ3v) is 3.09. The van der Waals surface area contributed by atoms with Gasteiger partial charge in [0.25, 0.3) is 0 Å². The van der Waals surface area contributed by atoms with E-state index in [0.717, 1.165) is 11.1 Å². The molecule has 2 rings (SSSR count). The highest BCUT2D eigenvalue weighted by Crippen LogP contribution is 2.25. The number of hydrogen-bond acceptors (Lipinski definition) is 4. The second-order valence-corrected chi connectivity index (χ2v) is 4.47. The number of rotatable bonds is 6. The maximum atomic E-state index is 10.8. The van der Waals surface area contributed by atoms with Crippen LogP contribution in [-0.2, 0) is 13.2 Å². The van der Waals surface area contributed by atoms with Gasteiger partial charge in [-0.1, -0.05) is 18.2 Å². The Bertz CT molecular complexity index is 623. The Morgan fingerprint density at radius 2 is 1.90 bits per heavy atom. The molecule has 0 radical (unpaired) electrons. The van der Waals surface area contributed by atoms with Gasteiger partial charge >= 0.3 is 5.97 Å². The number of benzene rings is 2. The molecule has 5 nitrogen and oxygen atoms in total. The average molecular weight is 287 g/mol. The van der Waals surface area contributed by atoms with Crippen molar-refractivity contribution in [3.8, 4) is 11.5 Å². The minimum Gasteiger partial charge on any atom is -0.497 e. The van der Waals surface area contributed by atoms with Crippen LogP contribution in [0.3, 0.4) is 0 Å². The van der Waals surface area contributed by atoms with Gasteiger partial charge in [-0.3, -0.25) is 0 Å². The molecule has 2 aromatic rings. The van der Waals surface area contributed by atoms with E-state index in [0.29, 0.717) is 24.7 Å². The molecule has 0 spiro atoms. The summed E-state index contributed by atoms with van der Waals surface area (Å²) in [5.74, 6) is 0.420. The molecule has 0 bridgehead atoms. The number of nitrogens with two attached hydrogens (primary N) is 1. The van der Waals surface area contributed by atoms with E-state index in [1.165, 1.54) is 0 Å². The molecule has 0 saturated carbocycles. The first kappa shape index (κ1) is 14.9. The number of aromatic carboxylic acids is 1. The zero-order valence-electron chi connectivity index (χ0n) is 11.7. The molecule has 0 aliphatic heterocycles. The molecule has 0 fully saturated rings. The van der Waals surface area contributed by atoms with Gasteiger partial charge in [0, 0.05) is 18.2 Å². The molecule has 3 N–H and O–H groups in total. The third kappa shape index (κ3) is 3.73. The first-order valence-electron chi connectivity index (χ1n) is 6.46. The molecule has 110 valence electrons. The van der Waals surface area contributed by atoms with Crippen LogP contribution in [0.5, 0.6) is 11.5 Å². The highest BCUT2D eigenvalue weighted by molar-refractivity contribution is 5.87. The van der Waals surface area contributed by atoms with Gasteiger partial charge in [-0.15, -0.1) is 0 Å².